The van der Waals surface area contributed by atoms with Crippen molar-refractivity contribution in [3.05, 3.63) is 41.1 Å². The second-order valence-electron chi connectivity index (χ2n) is 5.60. The van der Waals surface area contributed by atoms with Gasteiger partial charge in [0.2, 0.25) is 0 Å². The molecule has 0 bridgehead atoms. The van der Waals surface area contributed by atoms with Gasteiger partial charge in [0.25, 0.3) is 0 Å². The first kappa shape index (κ1) is 13.2. The predicted octanol–water partition coefficient (Wildman–Crippen LogP) is 4.69. The maximum absolute atomic E-state index is 5.75. The van der Waals surface area contributed by atoms with Crippen molar-refractivity contribution in [3.63, 3.8) is 0 Å². The van der Waals surface area contributed by atoms with Crippen LogP contribution in [0.5, 0.6) is 0 Å². The quantitative estimate of drug-likeness (QED) is 0.735. The summed E-state index contributed by atoms with van der Waals surface area (Å²) in [6.45, 7) is 8.68. The average molecular weight is 264 g/mol. The molecule has 2 aromatic rings. The lowest BCUT2D eigenvalue weighted by molar-refractivity contribution is 0.426. The molecule has 0 aliphatic carbocycles. The number of hydrogen-bond donors (Lipinski definition) is 0. The number of halogens is 1. The number of nitrogens with zero attached hydrogens (tertiary/aromatic N) is 1. The lowest BCUT2D eigenvalue weighted by Gasteiger charge is -2.20. The summed E-state index contributed by atoms with van der Waals surface area (Å²) in [4.78, 5) is 0. The zero-order chi connectivity index (χ0) is 13.3. The van der Waals surface area contributed by atoms with Crippen LogP contribution < -0.4 is 0 Å². The molecule has 0 N–H and O–H groups in total. The predicted molar refractivity (Wildman–Crippen MR) is 74.9 cm³/mol. The molecule has 0 atom stereocenters. The zero-order valence-electron chi connectivity index (χ0n) is 11.2. The highest BCUT2D eigenvalue weighted by Gasteiger charge is 2.16. The fraction of sp³-hybridized carbons (Fsp3) is 0.400. The second kappa shape index (κ2) is 4.77. The van der Waals surface area contributed by atoms with Crippen LogP contribution in [0.25, 0.3) is 11.3 Å². The van der Waals surface area contributed by atoms with Crippen molar-refractivity contribution >= 4 is 11.6 Å². The van der Waals surface area contributed by atoms with E-state index in [1.165, 1.54) is 11.1 Å². The molecule has 0 amide bonds. The van der Waals surface area contributed by atoms with E-state index in [0.29, 0.717) is 5.88 Å². The second-order valence-corrected chi connectivity index (χ2v) is 5.86. The van der Waals surface area contributed by atoms with Crippen molar-refractivity contribution in [2.45, 2.75) is 39.0 Å². The van der Waals surface area contributed by atoms with Gasteiger partial charge in [-0.15, -0.1) is 11.6 Å². The molecule has 3 heteroatoms. The van der Waals surface area contributed by atoms with Crippen LogP contribution in [0, 0.1) is 6.92 Å². The van der Waals surface area contributed by atoms with E-state index in [4.69, 9.17) is 16.1 Å². The Morgan fingerprint density at radius 2 is 1.94 bits per heavy atom. The summed E-state index contributed by atoms with van der Waals surface area (Å²) in [5, 5.41) is 3.94. The van der Waals surface area contributed by atoms with Crippen LogP contribution in [0.2, 0.25) is 0 Å². The smallest absolute Gasteiger partial charge is 0.167 e. The Hall–Kier alpha value is -1.28. The van der Waals surface area contributed by atoms with Crippen molar-refractivity contribution in [3.8, 4) is 11.3 Å². The van der Waals surface area contributed by atoms with Gasteiger partial charge < -0.3 is 4.52 Å². The fourth-order valence-corrected chi connectivity index (χ4v) is 1.98. The Morgan fingerprint density at radius 3 is 2.50 bits per heavy atom. The van der Waals surface area contributed by atoms with Gasteiger partial charge in [0, 0.05) is 11.6 Å². The van der Waals surface area contributed by atoms with Gasteiger partial charge in [0.15, 0.2) is 5.76 Å². The Bertz CT molecular complexity index is 552. The van der Waals surface area contributed by atoms with E-state index in [1.54, 1.807) is 0 Å². The van der Waals surface area contributed by atoms with Gasteiger partial charge in [-0.1, -0.05) is 38.1 Å². The number of alkyl halides is 1. The van der Waals surface area contributed by atoms with Gasteiger partial charge in [-0.05, 0) is 29.5 Å². The largest absolute Gasteiger partial charge is 0.356 e. The number of aryl methyl sites for hydroxylation is 1. The Balaban J connectivity index is 2.49. The normalized spacial score (nSPS) is 11.8. The lowest BCUT2D eigenvalue weighted by Crippen LogP contribution is -2.11. The van der Waals surface area contributed by atoms with Crippen LogP contribution in [-0.4, -0.2) is 5.16 Å². The van der Waals surface area contributed by atoms with Crippen LogP contribution >= 0.6 is 11.6 Å². The summed E-state index contributed by atoms with van der Waals surface area (Å²) < 4.78 is 5.36. The third-order valence-corrected chi connectivity index (χ3v) is 3.34. The molecule has 0 saturated heterocycles. The van der Waals surface area contributed by atoms with E-state index in [2.05, 4.69) is 51.1 Å². The van der Waals surface area contributed by atoms with Crippen molar-refractivity contribution < 1.29 is 4.52 Å². The van der Waals surface area contributed by atoms with Gasteiger partial charge in [0.05, 0.1) is 11.6 Å². The first-order valence-electron chi connectivity index (χ1n) is 6.05. The summed E-state index contributed by atoms with van der Waals surface area (Å²) in [6.07, 6.45) is 0. The summed E-state index contributed by atoms with van der Waals surface area (Å²) >= 11 is 5.75. The van der Waals surface area contributed by atoms with Crippen molar-refractivity contribution in [1.82, 2.24) is 5.16 Å². The van der Waals surface area contributed by atoms with Gasteiger partial charge in [-0.25, -0.2) is 0 Å². The summed E-state index contributed by atoms with van der Waals surface area (Å²) in [6, 6.07) is 8.37. The molecule has 1 heterocycles. The molecule has 0 unspecified atom stereocenters. The van der Waals surface area contributed by atoms with Crippen molar-refractivity contribution in [1.29, 1.82) is 0 Å². The SMILES string of the molecule is Cc1ccc(C(C)(C)C)cc1-c1cc(CCl)no1. The highest BCUT2D eigenvalue weighted by Crippen LogP contribution is 2.30. The molecule has 0 spiro atoms. The Kier molecular flexibility index (Phi) is 3.49. The van der Waals surface area contributed by atoms with Crippen LogP contribution in [0.3, 0.4) is 0 Å². The van der Waals surface area contributed by atoms with Crippen molar-refractivity contribution in [2.24, 2.45) is 0 Å². The van der Waals surface area contributed by atoms with E-state index in [1.807, 2.05) is 6.07 Å². The molecule has 0 saturated carbocycles. The van der Waals surface area contributed by atoms with E-state index in [9.17, 15) is 0 Å². The highest BCUT2D eigenvalue weighted by atomic mass is 35.5. The van der Waals surface area contributed by atoms with E-state index in [-0.39, 0.29) is 5.41 Å². The molecular weight excluding hydrogens is 246 g/mol. The molecule has 96 valence electrons. The van der Waals surface area contributed by atoms with Crippen LogP contribution in [0.1, 0.15) is 37.6 Å². The molecular formula is C15H18ClNO. The molecule has 2 rings (SSSR count). The van der Waals surface area contributed by atoms with Crippen molar-refractivity contribution in [2.75, 3.05) is 0 Å². The van der Waals surface area contributed by atoms with Gasteiger partial charge >= 0.3 is 0 Å². The maximum Gasteiger partial charge on any atom is 0.167 e. The van der Waals surface area contributed by atoms with Gasteiger partial charge in [-0.3, -0.25) is 0 Å². The molecule has 1 aromatic heterocycles. The minimum atomic E-state index is 0.123. The first-order chi connectivity index (χ1) is 8.41. The van der Waals surface area contributed by atoms with E-state index >= 15 is 0 Å². The lowest BCUT2D eigenvalue weighted by atomic mass is 9.85. The van der Waals surface area contributed by atoms with Crippen LogP contribution in [-0.2, 0) is 11.3 Å². The molecule has 1 aromatic carbocycles. The zero-order valence-corrected chi connectivity index (χ0v) is 12.0. The summed E-state index contributed by atoms with van der Waals surface area (Å²) in [5.74, 6) is 1.16. The molecule has 0 aliphatic heterocycles. The maximum atomic E-state index is 5.75. The molecule has 0 fully saturated rings. The summed E-state index contributed by atoms with van der Waals surface area (Å²) in [7, 11) is 0. The van der Waals surface area contributed by atoms with Crippen LogP contribution in [0.4, 0.5) is 0 Å². The monoisotopic (exact) mass is 263 g/mol. The van der Waals surface area contributed by atoms with Gasteiger partial charge in [0.1, 0.15) is 0 Å². The molecule has 18 heavy (non-hydrogen) atoms. The molecule has 2 nitrogen and oxygen atoms in total. The molecule has 0 aliphatic rings. The Labute approximate surface area is 113 Å². The van der Waals surface area contributed by atoms with Crippen LogP contribution in [0.15, 0.2) is 28.8 Å². The molecule has 0 radical (unpaired) electrons. The number of rotatable bonds is 2. The summed E-state index contributed by atoms with van der Waals surface area (Å²) in [5.41, 5.74) is 4.45. The number of aromatic nitrogens is 1. The highest BCUT2D eigenvalue weighted by molar-refractivity contribution is 6.16. The topological polar surface area (TPSA) is 26.0 Å². The average Bonchev–Trinajstić information content (AvgIpc) is 2.76. The Morgan fingerprint density at radius 1 is 1.22 bits per heavy atom. The van der Waals surface area contributed by atoms with Gasteiger partial charge in [-0.2, -0.15) is 0 Å². The fourth-order valence-electron chi connectivity index (χ4n) is 1.86. The standard InChI is InChI=1S/C15H18ClNO/c1-10-5-6-11(15(2,3)4)7-13(10)14-8-12(9-16)17-18-14/h5-8H,9H2,1-4H3. The minimum Gasteiger partial charge on any atom is -0.356 e. The van der Waals surface area contributed by atoms with E-state index in [0.717, 1.165) is 17.0 Å². The third-order valence-electron chi connectivity index (χ3n) is 3.06. The number of benzene rings is 1. The third kappa shape index (κ3) is 2.59. The number of hydrogen-bond acceptors (Lipinski definition) is 2. The first-order valence-corrected chi connectivity index (χ1v) is 6.58. The minimum absolute atomic E-state index is 0.123. The van der Waals surface area contributed by atoms with E-state index < -0.39 is 0 Å².